The van der Waals surface area contributed by atoms with Crippen LogP contribution in [-0.2, 0) is 6.42 Å². The predicted octanol–water partition coefficient (Wildman–Crippen LogP) is 2.87. The molecule has 0 saturated heterocycles. The Morgan fingerprint density at radius 1 is 1.29 bits per heavy atom. The molecule has 3 nitrogen and oxygen atoms in total. The van der Waals surface area contributed by atoms with Gasteiger partial charge in [-0.25, -0.2) is 4.98 Å². The summed E-state index contributed by atoms with van der Waals surface area (Å²) >= 11 is 3.45. The lowest BCUT2D eigenvalue weighted by Gasteiger charge is -2.03. The van der Waals surface area contributed by atoms with Crippen LogP contribution in [0, 0.1) is 11.3 Å². The van der Waals surface area contributed by atoms with Gasteiger partial charge in [-0.2, -0.15) is 5.26 Å². The van der Waals surface area contributed by atoms with Crippen LogP contribution in [0.4, 0.5) is 5.82 Å². The highest BCUT2D eigenvalue weighted by atomic mass is 79.9. The van der Waals surface area contributed by atoms with Crippen molar-refractivity contribution in [2.45, 2.75) is 6.42 Å². The number of nitrogen functional groups attached to an aromatic ring is 1. The molecule has 0 spiro atoms. The topological polar surface area (TPSA) is 62.7 Å². The third-order valence-corrected chi connectivity index (χ3v) is 3.45. The number of nitrogens with zero attached hydrogens (tertiary/aromatic N) is 2. The summed E-state index contributed by atoms with van der Waals surface area (Å²) in [4.78, 5) is 4.34. The Hall–Kier alpha value is -1.86. The van der Waals surface area contributed by atoms with E-state index in [0.29, 0.717) is 11.4 Å². The number of nitriles is 1. The minimum Gasteiger partial charge on any atom is -0.383 e. The first-order valence-electron chi connectivity index (χ1n) is 5.17. The summed E-state index contributed by atoms with van der Waals surface area (Å²) in [5.41, 5.74) is 10.5. The Labute approximate surface area is 107 Å². The van der Waals surface area contributed by atoms with Crippen LogP contribution in [0.15, 0.2) is 28.7 Å². The number of rotatable bonds is 0. The second kappa shape index (κ2) is 3.57. The number of hydrogen-bond acceptors (Lipinski definition) is 3. The highest BCUT2D eigenvalue weighted by Gasteiger charge is 2.21. The fourth-order valence-corrected chi connectivity index (χ4v) is 2.58. The first-order chi connectivity index (χ1) is 8.19. The van der Waals surface area contributed by atoms with Gasteiger partial charge in [0.15, 0.2) is 0 Å². The van der Waals surface area contributed by atoms with Gasteiger partial charge in [-0.15, -0.1) is 0 Å². The van der Waals surface area contributed by atoms with Gasteiger partial charge in [0.05, 0.1) is 11.3 Å². The van der Waals surface area contributed by atoms with Crippen molar-refractivity contribution >= 4 is 21.7 Å². The van der Waals surface area contributed by atoms with Crippen molar-refractivity contribution in [3.05, 3.63) is 45.4 Å². The van der Waals surface area contributed by atoms with Crippen LogP contribution in [0.3, 0.4) is 0 Å². The van der Waals surface area contributed by atoms with Gasteiger partial charge in [-0.1, -0.05) is 22.0 Å². The van der Waals surface area contributed by atoms with Gasteiger partial charge < -0.3 is 5.73 Å². The number of halogens is 1. The molecule has 1 aliphatic carbocycles. The summed E-state index contributed by atoms with van der Waals surface area (Å²) in [5, 5.41) is 8.93. The van der Waals surface area contributed by atoms with Crippen LogP contribution in [0.25, 0.3) is 11.3 Å². The predicted molar refractivity (Wildman–Crippen MR) is 69.3 cm³/mol. The Morgan fingerprint density at radius 3 is 2.88 bits per heavy atom. The maximum atomic E-state index is 8.93. The molecule has 2 aromatic rings. The van der Waals surface area contributed by atoms with E-state index in [1.807, 2.05) is 18.2 Å². The normalized spacial score (nSPS) is 11.8. The van der Waals surface area contributed by atoms with Crippen LogP contribution in [0.5, 0.6) is 0 Å². The number of nitrogens with two attached hydrogens (primary N) is 1. The van der Waals surface area contributed by atoms with Crippen molar-refractivity contribution in [2.24, 2.45) is 0 Å². The fourth-order valence-electron chi connectivity index (χ4n) is 2.17. The van der Waals surface area contributed by atoms with E-state index in [1.54, 1.807) is 0 Å². The summed E-state index contributed by atoms with van der Waals surface area (Å²) in [7, 11) is 0. The van der Waals surface area contributed by atoms with Crippen LogP contribution < -0.4 is 5.73 Å². The first-order valence-corrected chi connectivity index (χ1v) is 5.96. The molecule has 1 heterocycles. The maximum absolute atomic E-state index is 8.93. The number of hydrogen-bond donors (Lipinski definition) is 1. The molecule has 1 aromatic carbocycles. The molecule has 82 valence electrons. The van der Waals surface area contributed by atoms with Crippen LogP contribution >= 0.6 is 15.9 Å². The zero-order valence-electron chi connectivity index (χ0n) is 8.87. The molecular weight excluding hydrogens is 278 g/mol. The summed E-state index contributed by atoms with van der Waals surface area (Å²) in [6.07, 6.45) is 0.812. The molecule has 0 bridgehead atoms. The largest absolute Gasteiger partial charge is 0.383 e. The Kier molecular flexibility index (Phi) is 2.17. The van der Waals surface area contributed by atoms with Crippen molar-refractivity contribution in [1.29, 1.82) is 5.26 Å². The molecule has 0 aliphatic heterocycles. The molecule has 1 aromatic heterocycles. The Bertz CT molecular complexity index is 671. The monoisotopic (exact) mass is 285 g/mol. The Morgan fingerprint density at radius 2 is 2.12 bits per heavy atom. The highest BCUT2D eigenvalue weighted by molar-refractivity contribution is 9.10. The number of aromatic nitrogens is 1. The molecule has 0 radical (unpaired) electrons. The average molecular weight is 286 g/mol. The van der Waals surface area contributed by atoms with E-state index in [0.717, 1.165) is 27.7 Å². The van der Waals surface area contributed by atoms with Crippen molar-refractivity contribution in [1.82, 2.24) is 4.98 Å². The van der Waals surface area contributed by atoms with Crippen LogP contribution in [0.1, 0.15) is 16.7 Å². The van der Waals surface area contributed by atoms with Gasteiger partial charge in [-0.05, 0) is 29.3 Å². The van der Waals surface area contributed by atoms with Gasteiger partial charge in [0, 0.05) is 16.5 Å². The molecule has 2 N–H and O–H groups in total. The van der Waals surface area contributed by atoms with E-state index < -0.39 is 0 Å². The highest BCUT2D eigenvalue weighted by Crippen LogP contribution is 2.37. The zero-order chi connectivity index (χ0) is 12.0. The quantitative estimate of drug-likeness (QED) is 0.691. The summed E-state index contributed by atoms with van der Waals surface area (Å²) in [6.45, 7) is 0. The molecule has 17 heavy (non-hydrogen) atoms. The molecular formula is C13H8BrN3. The summed E-state index contributed by atoms with van der Waals surface area (Å²) in [5.74, 6) is 0.307. The second-order valence-corrected chi connectivity index (χ2v) is 4.93. The van der Waals surface area contributed by atoms with Gasteiger partial charge in [0.1, 0.15) is 11.9 Å². The van der Waals surface area contributed by atoms with Gasteiger partial charge in [-0.3, -0.25) is 0 Å². The van der Waals surface area contributed by atoms with Crippen molar-refractivity contribution < 1.29 is 0 Å². The lowest BCUT2D eigenvalue weighted by molar-refractivity contribution is 1.22. The van der Waals surface area contributed by atoms with Gasteiger partial charge in [0.25, 0.3) is 0 Å². The molecule has 0 unspecified atom stereocenters. The van der Waals surface area contributed by atoms with Crippen molar-refractivity contribution in [3.8, 4) is 17.3 Å². The van der Waals surface area contributed by atoms with Crippen LogP contribution in [-0.4, -0.2) is 4.98 Å². The van der Waals surface area contributed by atoms with E-state index in [9.17, 15) is 0 Å². The lowest BCUT2D eigenvalue weighted by Crippen LogP contribution is -1.97. The van der Waals surface area contributed by atoms with Gasteiger partial charge in [0.2, 0.25) is 0 Å². The molecule has 0 fully saturated rings. The molecule has 3 rings (SSSR count). The van der Waals surface area contributed by atoms with Gasteiger partial charge >= 0.3 is 0 Å². The molecule has 0 saturated carbocycles. The third kappa shape index (κ3) is 1.51. The standard InChI is InChI=1S/C13H8BrN3/c14-10-1-2-11-7(5-10)3-8-4-9(6-15)13(16)17-12(8)11/h1-2,4-5H,3H2,(H2,16,17). The average Bonchev–Trinajstić information content (AvgIpc) is 2.64. The third-order valence-electron chi connectivity index (χ3n) is 2.95. The first kappa shape index (κ1) is 10.3. The maximum Gasteiger partial charge on any atom is 0.142 e. The zero-order valence-corrected chi connectivity index (χ0v) is 10.5. The molecule has 0 amide bonds. The fraction of sp³-hybridized carbons (Fsp3) is 0.0769. The Balaban J connectivity index is 2.24. The number of benzene rings is 1. The van der Waals surface area contributed by atoms with E-state index in [1.165, 1.54) is 5.56 Å². The van der Waals surface area contributed by atoms with Crippen molar-refractivity contribution in [2.75, 3.05) is 5.73 Å². The van der Waals surface area contributed by atoms with E-state index in [2.05, 4.69) is 33.0 Å². The van der Waals surface area contributed by atoms with E-state index in [4.69, 9.17) is 11.0 Å². The number of fused-ring (bicyclic) bond motifs is 3. The second-order valence-electron chi connectivity index (χ2n) is 4.02. The minimum absolute atomic E-state index is 0.307. The number of anilines is 1. The van der Waals surface area contributed by atoms with E-state index in [-0.39, 0.29) is 0 Å². The SMILES string of the molecule is N#Cc1cc2c(nc1N)-c1ccc(Br)cc1C2. The summed E-state index contributed by atoms with van der Waals surface area (Å²) in [6, 6.07) is 10.0. The van der Waals surface area contributed by atoms with E-state index >= 15 is 0 Å². The molecule has 4 heteroatoms. The minimum atomic E-state index is 0.307. The number of pyridine rings is 1. The lowest BCUT2D eigenvalue weighted by atomic mass is 10.1. The molecule has 0 atom stereocenters. The van der Waals surface area contributed by atoms with Crippen molar-refractivity contribution in [3.63, 3.8) is 0 Å². The smallest absolute Gasteiger partial charge is 0.142 e. The summed E-state index contributed by atoms with van der Waals surface area (Å²) < 4.78 is 1.05. The van der Waals surface area contributed by atoms with Crippen LogP contribution in [0.2, 0.25) is 0 Å². The molecule has 1 aliphatic rings.